The molecule has 7 nitrogen and oxygen atoms in total. The Hall–Kier alpha value is -1.77. The average Bonchev–Trinajstić information content (AvgIpc) is 2.81. The molecule has 2 heterocycles. The topological polar surface area (TPSA) is 108 Å². The largest absolute Gasteiger partial charge is 0.390 e. The Kier molecular flexibility index (Phi) is 4.48. The summed E-state index contributed by atoms with van der Waals surface area (Å²) in [5, 5.41) is 15.4. The minimum absolute atomic E-state index is 0.0148. The first-order valence-corrected chi connectivity index (χ1v) is 7.57. The zero-order valence-corrected chi connectivity index (χ0v) is 11.8. The van der Waals surface area contributed by atoms with Gasteiger partial charge in [0.1, 0.15) is 10.6 Å². The molecule has 2 aromatic rings. The van der Waals surface area contributed by atoms with Gasteiger partial charge in [-0.3, -0.25) is 10.1 Å². The van der Waals surface area contributed by atoms with Crippen LogP contribution in [-0.4, -0.2) is 35.3 Å². The molecule has 0 atom stereocenters. The van der Waals surface area contributed by atoms with Crippen molar-refractivity contribution in [3.8, 4) is 0 Å². The van der Waals surface area contributed by atoms with Gasteiger partial charge < -0.3 is 5.11 Å². The highest BCUT2D eigenvalue weighted by Gasteiger charge is 2.23. The summed E-state index contributed by atoms with van der Waals surface area (Å²) in [5.41, 5.74) is 1.33. The SMILES string of the molecule is Cc1[nH]nc(CO)c1S(=O)(=O)NCCc1ccccn1. The fraction of sp³-hybridized carbons (Fsp3) is 0.333. The van der Waals surface area contributed by atoms with E-state index in [2.05, 4.69) is 19.9 Å². The van der Waals surface area contributed by atoms with Crippen LogP contribution in [0.25, 0.3) is 0 Å². The van der Waals surface area contributed by atoms with Crippen LogP contribution in [0, 0.1) is 6.92 Å². The Morgan fingerprint density at radius 3 is 2.85 bits per heavy atom. The lowest BCUT2D eigenvalue weighted by atomic mass is 10.3. The number of aliphatic hydroxyl groups excluding tert-OH is 1. The van der Waals surface area contributed by atoms with Gasteiger partial charge in [-0.15, -0.1) is 0 Å². The van der Waals surface area contributed by atoms with Crippen LogP contribution in [0.4, 0.5) is 0 Å². The zero-order chi connectivity index (χ0) is 14.6. The number of pyridine rings is 1. The maximum atomic E-state index is 12.2. The molecular formula is C12H16N4O3S. The Labute approximate surface area is 117 Å². The van der Waals surface area contributed by atoms with E-state index in [1.807, 2.05) is 12.1 Å². The molecule has 0 radical (unpaired) electrons. The van der Waals surface area contributed by atoms with Crippen molar-refractivity contribution in [3.63, 3.8) is 0 Å². The van der Waals surface area contributed by atoms with Gasteiger partial charge in [-0.1, -0.05) is 6.07 Å². The first-order valence-electron chi connectivity index (χ1n) is 6.09. The lowest BCUT2D eigenvalue weighted by Crippen LogP contribution is -2.27. The number of hydrogen-bond acceptors (Lipinski definition) is 5. The monoisotopic (exact) mass is 296 g/mol. The lowest BCUT2D eigenvalue weighted by molar-refractivity contribution is 0.273. The van der Waals surface area contributed by atoms with Crippen LogP contribution in [0.2, 0.25) is 0 Å². The Balaban J connectivity index is 2.06. The van der Waals surface area contributed by atoms with Crippen molar-refractivity contribution < 1.29 is 13.5 Å². The molecule has 0 aliphatic rings. The number of rotatable bonds is 6. The number of aromatic nitrogens is 3. The molecule has 0 spiro atoms. The Morgan fingerprint density at radius 1 is 1.40 bits per heavy atom. The molecule has 0 unspecified atom stereocenters. The van der Waals surface area contributed by atoms with E-state index in [-0.39, 0.29) is 17.1 Å². The highest BCUT2D eigenvalue weighted by Crippen LogP contribution is 2.17. The van der Waals surface area contributed by atoms with Crippen molar-refractivity contribution in [1.82, 2.24) is 19.9 Å². The maximum Gasteiger partial charge on any atom is 0.244 e. The highest BCUT2D eigenvalue weighted by molar-refractivity contribution is 7.89. The van der Waals surface area contributed by atoms with Gasteiger partial charge in [0.15, 0.2) is 0 Å². The molecule has 0 amide bonds. The van der Waals surface area contributed by atoms with E-state index in [1.165, 1.54) is 0 Å². The third kappa shape index (κ3) is 3.21. The van der Waals surface area contributed by atoms with Gasteiger partial charge in [0.2, 0.25) is 10.0 Å². The second-order valence-electron chi connectivity index (χ2n) is 4.25. The van der Waals surface area contributed by atoms with E-state index >= 15 is 0 Å². The van der Waals surface area contributed by atoms with Crippen molar-refractivity contribution in [3.05, 3.63) is 41.5 Å². The third-order valence-electron chi connectivity index (χ3n) is 2.78. The number of aliphatic hydroxyl groups is 1. The molecule has 0 aliphatic heterocycles. The number of aryl methyl sites for hydroxylation is 1. The molecule has 8 heteroatoms. The molecule has 2 aromatic heterocycles. The molecule has 0 aliphatic carbocycles. The van der Waals surface area contributed by atoms with E-state index in [0.717, 1.165) is 5.69 Å². The van der Waals surface area contributed by atoms with Gasteiger partial charge in [0.25, 0.3) is 0 Å². The lowest BCUT2D eigenvalue weighted by Gasteiger charge is -2.07. The zero-order valence-electron chi connectivity index (χ0n) is 11.0. The van der Waals surface area contributed by atoms with Gasteiger partial charge in [-0.05, 0) is 19.1 Å². The van der Waals surface area contributed by atoms with Crippen LogP contribution in [0.1, 0.15) is 17.1 Å². The summed E-state index contributed by atoms with van der Waals surface area (Å²) in [6, 6.07) is 5.48. The number of nitrogens with zero attached hydrogens (tertiary/aromatic N) is 2. The second kappa shape index (κ2) is 6.12. The maximum absolute atomic E-state index is 12.2. The quantitative estimate of drug-likeness (QED) is 0.702. The summed E-state index contributed by atoms with van der Waals surface area (Å²) >= 11 is 0. The van der Waals surface area contributed by atoms with Crippen LogP contribution >= 0.6 is 0 Å². The molecule has 0 bridgehead atoms. The van der Waals surface area contributed by atoms with E-state index in [1.54, 1.807) is 19.2 Å². The van der Waals surface area contributed by atoms with Crippen molar-refractivity contribution in [2.24, 2.45) is 0 Å². The standard InChI is InChI=1S/C12H16N4O3S/c1-9-12(11(8-17)16-15-9)20(18,19)14-7-5-10-4-2-3-6-13-10/h2-4,6,14,17H,5,7-8H2,1H3,(H,15,16). The van der Waals surface area contributed by atoms with Crippen LogP contribution in [0.5, 0.6) is 0 Å². The Morgan fingerprint density at radius 2 is 2.20 bits per heavy atom. The molecule has 108 valence electrons. The molecule has 20 heavy (non-hydrogen) atoms. The predicted molar refractivity (Wildman–Crippen MR) is 72.4 cm³/mol. The van der Waals surface area contributed by atoms with E-state index in [9.17, 15) is 8.42 Å². The summed E-state index contributed by atoms with van der Waals surface area (Å²) < 4.78 is 26.8. The molecule has 0 saturated heterocycles. The summed E-state index contributed by atoms with van der Waals surface area (Å²) in [4.78, 5) is 4.13. The van der Waals surface area contributed by atoms with Gasteiger partial charge >= 0.3 is 0 Å². The number of sulfonamides is 1. The number of hydrogen-bond donors (Lipinski definition) is 3. The molecule has 0 fully saturated rings. The number of aromatic amines is 1. The summed E-state index contributed by atoms with van der Waals surface area (Å²) in [5.74, 6) is 0. The first kappa shape index (κ1) is 14.6. The smallest absolute Gasteiger partial charge is 0.244 e. The van der Waals surface area contributed by atoms with Crippen molar-refractivity contribution in [1.29, 1.82) is 0 Å². The van der Waals surface area contributed by atoms with E-state index < -0.39 is 16.6 Å². The minimum Gasteiger partial charge on any atom is -0.390 e. The summed E-state index contributed by atoms with van der Waals surface area (Å²) in [6.45, 7) is 1.40. The van der Waals surface area contributed by atoms with Crippen LogP contribution in [-0.2, 0) is 23.1 Å². The third-order valence-corrected chi connectivity index (χ3v) is 4.44. The fourth-order valence-electron chi connectivity index (χ4n) is 1.86. The van der Waals surface area contributed by atoms with Crippen LogP contribution in [0.15, 0.2) is 29.3 Å². The highest BCUT2D eigenvalue weighted by atomic mass is 32.2. The van der Waals surface area contributed by atoms with E-state index in [4.69, 9.17) is 5.11 Å². The van der Waals surface area contributed by atoms with Gasteiger partial charge in [0, 0.05) is 24.9 Å². The van der Waals surface area contributed by atoms with Crippen molar-refractivity contribution >= 4 is 10.0 Å². The van der Waals surface area contributed by atoms with Crippen LogP contribution in [0.3, 0.4) is 0 Å². The van der Waals surface area contributed by atoms with E-state index in [0.29, 0.717) is 12.1 Å². The Bertz CT molecular complexity index is 667. The van der Waals surface area contributed by atoms with Crippen molar-refractivity contribution in [2.75, 3.05) is 6.54 Å². The van der Waals surface area contributed by atoms with Crippen molar-refractivity contribution in [2.45, 2.75) is 24.8 Å². The molecular weight excluding hydrogens is 280 g/mol. The molecule has 0 aromatic carbocycles. The van der Waals surface area contributed by atoms with Crippen LogP contribution < -0.4 is 4.72 Å². The normalized spacial score (nSPS) is 11.7. The average molecular weight is 296 g/mol. The second-order valence-corrected chi connectivity index (χ2v) is 5.96. The summed E-state index contributed by atoms with van der Waals surface area (Å²) in [6.07, 6.45) is 2.15. The predicted octanol–water partition coefficient (Wildman–Crippen LogP) is 0.126. The van der Waals surface area contributed by atoms with Gasteiger partial charge in [-0.2, -0.15) is 5.10 Å². The fourth-order valence-corrected chi connectivity index (χ4v) is 3.25. The summed E-state index contributed by atoms with van der Waals surface area (Å²) in [7, 11) is -3.69. The number of H-pyrrole nitrogens is 1. The molecule has 3 N–H and O–H groups in total. The number of nitrogens with one attached hydrogen (secondary N) is 2. The van der Waals surface area contributed by atoms with Gasteiger partial charge in [-0.25, -0.2) is 13.1 Å². The van der Waals surface area contributed by atoms with Gasteiger partial charge in [0.05, 0.1) is 12.3 Å². The first-order chi connectivity index (χ1) is 9.54. The minimum atomic E-state index is -3.69. The molecule has 0 saturated carbocycles. The molecule has 2 rings (SSSR count).